The van der Waals surface area contributed by atoms with Crippen LogP contribution in [0.15, 0.2) is 11.6 Å². The molecule has 14 heteroatoms. The van der Waals surface area contributed by atoms with Crippen molar-refractivity contribution in [2.45, 2.75) is 76.7 Å². The molecule has 0 aromatic heterocycles. The number of alkyl halides is 11. The van der Waals surface area contributed by atoms with Crippen LogP contribution in [0.5, 0.6) is 0 Å². The molecule has 178 valence electrons. The van der Waals surface area contributed by atoms with Gasteiger partial charge in [-0.25, -0.2) is 18.0 Å². The van der Waals surface area contributed by atoms with Gasteiger partial charge in [-0.05, 0) is 19.9 Å². The Morgan fingerprint density at radius 2 is 1.30 bits per heavy atom. The molecule has 0 saturated heterocycles. The largest absolute Gasteiger partial charge is 0.443 e. The molecule has 3 nitrogen and oxygen atoms in total. The van der Waals surface area contributed by atoms with E-state index in [4.69, 9.17) is 5.11 Å². The van der Waals surface area contributed by atoms with E-state index in [0.29, 0.717) is 6.08 Å². The van der Waals surface area contributed by atoms with E-state index in [1.165, 1.54) is 0 Å². The van der Waals surface area contributed by atoms with Crippen molar-refractivity contribution in [3.63, 3.8) is 0 Å². The number of allylic oxidation sites excluding steroid dienone is 1. The summed E-state index contributed by atoms with van der Waals surface area (Å²) in [4.78, 5) is 12.1. The van der Waals surface area contributed by atoms with E-state index in [0.717, 1.165) is 34.6 Å². The van der Waals surface area contributed by atoms with Crippen molar-refractivity contribution < 1.29 is 62.9 Å². The minimum atomic E-state index is -6.99. The molecule has 0 radical (unpaired) electrons. The lowest BCUT2D eigenvalue weighted by atomic mass is 9.77. The Labute approximate surface area is 163 Å². The second-order valence-corrected chi connectivity index (χ2v) is 7.70. The Kier molecular flexibility index (Phi) is 7.72. The van der Waals surface area contributed by atoms with Crippen LogP contribution in [0.25, 0.3) is 0 Å². The third-order valence-corrected chi connectivity index (χ3v) is 3.98. The lowest BCUT2D eigenvalue weighted by Gasteiger charge is -2.41. The summed E-state index contributed by atoms with van der Waals surface area (Å²) in [6.45, 7) is 5.10. The van der Waals surface area contributed by atoms with Crippen molar-refractivity contribution in [2.24, 2.45) is 5.41 Å². The first-order valence-electron chi connectivity index (χ1n) is 7.95. The number of carbonyl (C=O) groups excluding carboxylic acids is 1. The molecule has 0 spiro atoms. The summed E-state index contributed by atoms with van der Waals surface area (Å²) < 4.78 is 150. The smallest absolute Gasteiger partial charge is 0.431 e. The van der Waals surface area contributed by atoms with Gasteiger partial charge in [-0.1, -0.05) is 26.3 Å². The van der Waals surface area contributed by atoms with E-state index in [1.54, 1.807) is 0 Å². The molecule has 30 heavy (non-hydrogen) atoms. The van der Waals surface area contributed by atoms with Crippen LogP contribution in [0.3, 0.4) is 0 Å². The summed E-state index contributed by atoms with van der Waals surface area (Å²) in [5.74, 6) is -9.56. The Morgan fingerprint density at radius 3 is 1.53 bits per heavy atom. The Morgan fingerprint density at radius 1 is 0.900 bits per heavy atom. The first-order valence-corrected chi connectivity index (χ1v) is 7.95. The number of ether oxygens (including phenoxy) is 1. The normalized spacial score (nSPS) is 19.0. The highest BCUT2D eigenvalue weighted by Crippen LogP contribution is 2.52. The lowest BCUT2D eigenvalue weighted by Crippen LogP contribution is -2.70. The van der Waals surface area contributed by atoms with Crippen LogP contribution in [-0.4, -0.2) is 53.2 Å². The number of halogens is 11. The molecule has 0 aliphatic carbocycles. The maximum atomic E-state index is 15.2. The molecule has 3 atom stereocenters. The molecule has 0 fully saturated rings. The summed E-state index contributed by atoms with van der Waals surface area (Å²) in [6.07, 6.45) is -23.9. The number of esters is 1. The second-order valence-electron chi connectivity index (χ2n) is 7.70. The van der Waals surface area contributed by atoms with Gasteiger partial charge in [0.1, 0.15) is 0 Å². The Balaban J connectivity index is 6.68. The van der Waals surface area contributed by atoms with Gasteiger partial charge in [-0.3, -0.25) is 0 Å². The quantitative estimate of drug-likeness (QED) is 0.324. The van der Waals surface area contributed by atoms with E-state index in [2.05, 4.69) is 4.74 Å². The third-order valence-electron chi connectivity index (χ3n) is 3.98. The van der Waals surface area contributed by atoms with Crippen LogP contribution in [0.1, 0.15) is 34.6 Å². The lowest BCUT2D eigenvalue weighted by molar-refractivity contribution is -0.401. The van der Waals surface area contributed by atoms with Crippen LogP contribution < -0.4 is 0 Å². The van der Waals surface area contributed by atoms with Crippen LogP contribution in [0.2, 0.25) is 0 Å². The van der Waals surface area contributed by atoms with Crippen LogP contribution in [0, 0.1) is 5.41 Å². The average Bonchev–Trinajstić information content (AvgIpc) is 2.46. The summed E-state index contributed by atoms with van der Waals surface area (Å²) in [5, 5.41) is 8.89. The Hall–Kier alpha value is -1.60. The fourth-order valence-corrected chi connectivity index (χ4v) is 2.18. The first kappa shape index (κ1) is 28.4. The van der Waals surface area contributed by atoms with Gasteiger partial charge in [0.2, 0.25) is 5.67 Å². The van der Waals surface area contributed by atoms with E-state index in [9.17, 15) is 48.7 Å². The molecular weight excluding hydrogens is 449 g/mol. The van der Waals surface area contributed by atoms with Gasteiger partial charge >= 0.3 is 24.2 Å². The van der Waals surface area contributed by atoms with Crippen molar-refractivity contribution in [1.82, 2.24) is 0 Å². The zero-order valence-corrected chi connectivity index (χ0v) is 16.2. The summed E-state index contributed by atoms with van der Waals surface area (Å²) in [6, 6.07) is 0. The fraction of sp³-hybridized carbons (Fsp3) is 0.812. The average molecular weight is 468 g/mol. The van der Waals surface area contributed by atoms with Gasteiger partial charge in [-0.2, -0.15) is 35.1 Å². The fourth-order valence-electron chi connectivity index (χ4n) is 2.18. The topological polar surface area (TPSA) is 46.5 Å². The molecule has 3 unspecified atom stereocenters. The van der Waals surface area contributed by atoms with Gasteiger partial charge in [0.05, 0.1) is 0 Å². The molecule has 0 heterocycles. The number of hydrogen-bond acceptors (Lipinski definition) is 3. The summed E-state index contributed by atoms with van der Waals surface area (Å²) in [7, 11) is 0. The van der Waals surface area contributed by atoms with E-state index >= 15 is 4.39 Å². The molecule has 0 bridgehead atoms. The van der Waals surface area contributed by atoms with Gasteiger partial charge in [0, 0.05) is 5.41 Å². The predicted molar refractivity (Wildman–Crippen MR) is 80.6 cm³/mol. The molecule has 0 aliphatic heterocycles. The highest BCUT2D eigenvalue weighted by atomic mass is 19.4. The van der Waals surface area contributed by atoms with Crippen molar-refractivity contribution >= 4 is 5.97 Å². The first-order chi connectivity index (χ1) is 12.9. The second kappa shape index (κ2) is 8.15. The molecule has 0 aromatic rings. The van der Waals surface area contributed by atoms with Crippen molar-refractivity contribution in [1.29, 1.82) is 0 Å². The number of aliphatic hydroxyl groups is 1. The van der Waals surface area contributed by atoms with Gasteiger partial charge in [-0.15, -0.1) is 0 Å². The monoisotopic (exact) mass is 468 g/mol. The van der Waals surface area contributed by atoms with Crippen molar-refractivity contribution in [3.8, 4) is 0 Å². The number of carbonyl (C=O) groups is 1. The minimum absolute atomic E-state index is 0.0564. The minimum Gasteiger partial charge on any atom is -0.443 e. The maximum Gasteiger partial charge on any atom is 0.431 e. The molecule has 0 amide bonds. The number of hydrogen-bond donors (Lipinski definition) is 1. The molecule has 0 aliphatic rings. The predicted octanol–water partition coefficient (Wildman–Crippen LogP) is 5.37. The van der Waals surface area contributed by atoms with Crippen LogP contribution in [0.4, 0.5) is 48.3 Å². The molecular formula is C16H19F11O3. The van der Waals surface area contributed by atoms with Gasteiger partial charge < -0.3 is 9.84 Å². The van der Waals surface area contributed by atoms with Crippen LogP contribution in [-0.2, 0) is 9.53 Å². The number of rotatable bonds is 6. The van der Waals surface area contributed by atoms with E-state index in [-0.39, 0.29) is 5.57 Å². The van der Waals surface area contributed by atoms with Gasteiger partial charge in [0.15, 0.2) is 0 Å². The highest BCUT2D eigenvalue weighted by Gasteiger charge is 2.81. The van der Waals surface area contributed by atoms with Crippen molar-refractivity contribution in [3.05, 3.63) is 11.6 Å². The summed E-state index contributed by atoms with van der Waals surface area (Å²) >= 11 is 0. The Bertz CT molecular complexity index is 657. The zero-order chi connectivity index (χ0) is 24.7. The van der Waals surface area contributed by atoms with Gasteiger partial charge in [0.25, 0.3) is 18.1 Å². The van der Waals surface area contributed by atoms with Crippen molar-refractivity contribution in [2.75, 3.05) is 0 Å². The maximum absolute atomic E-state index is 15.2. The molecule has 0 saturated carbocycles. The third kappa shape index (κ3) is 4.99. The molecule has 0 aromatic carbocycles. The SMILES string of the molecule is CC(C)=CC(F)(C(=O)OC(C(F)(F)F)C(F)(F)C(O)(C(F)F)C(F)(F)F)C(C)(C)C. The van der Waals surface area contributed by atoms with E-state index < -0.39 is 53.5 Å². The van der Waals surface area contributed by atoms with Crippen LogP contribution >= 0.6 is 0 Å². The molecule has 1 N–H and O–H groups in total. The molecule has 0 rings (SSSR count). The summed E-state index contributed by atoms with van der Waals surface area (Å²) in [5.41, 5.74) is -12.2. The zero-order valence-electron chi connectivity index (χ0n) is 16.2. The standard InChI is InChI=1S/C16H19F11O3/c1-7(2)6-12(19,11(3,4)5)10(28)30-8(15(22,23)24)14(20,21)13(29,9(17)18)16(25,26)27/h6,8-9,29H,1-5H3. The van der Waals surface area contributed by atoms with E-state index in [1.807, 2.05) is 0 Å². The highest BCUT2D eigenvalue weighted by molar-refractivity contribution is 5.83.